The van der Waals surface area contributed by atoms with E-state index in [-0.39, 0.29) is 11.4 Å². The van der Waals surface area contributed by atoms with E-state index >= 15 is 0 Å². The highest BCUT2D eigenvalue weighted by atomic mass is 16.2. The highest BCUT2D eigenvalue weighted by molar-refractivity contribution is 5.77. The van der Waals surface area contributed by atoms with Gasteiger partial charge in [0.2, 0.25) is 5.91 Å². The quantitative estimate of drug-likeness (QED) is 0.785. The van der Waals surface area contributed by atoms with Gasteiger partial charge in [-0.15, -0.1) is 0 Å². The van der Waals surface area contributed by atoms with E-state index in [2.05, 4.69) is 19.9 Å². The summed E-state index contributed by atoms with van der Waals surface area (Å²) >= 11 is 0. The van der Waals surface area contributed by atoms with E-state index in [1.165, 1.54) is 0 Å². The van der Waals surface area contributed by atoms with Gasteiger partial charge in [0.25, 0.3) is 0 Å². The molecular weight excluding hydrogens is 226 g/mol. The summed E-state index contributed by atoms with van der Waals surface area (Å²) < 4.78 is 0. The van der Waals surface area contributed by atoms with Crippen LogP contribution in [0.5, 0.6) is 0 Å². The minimum Gasteiger partial charge on any atom is -0.341 e. The SMILES string of the molecule is CC(C)CN(CCC#N)C(=O)CC1(N)CCCC1. The molecule has 1 amide bonds. The summed E-state index contributed by atoms with van der Waals surface area (Å²) in [6.45, 7) is 5.42. The summed E-state index contributed by atoms with van der Waals surface area (Å²) in [4.78, 5) is 14.1. The molecule has 0 bridgehead atoms. The number of carbonyl (C=O) groups is 1. The van der Waals surface area contributed by atoms with E-state index in [1.54, 1.807) is 4.90 Å². The molecule has 0 saturated heterocycles. The summed E-state index contributed by atoms with van der Waals surface area (Å²) in [7, 11) is 0. The van der Waals surface area contributed by atoms with Crippen LogP contribution in [-0.2, 0) is 4.79 Å². The molecule has 2 N–H and O–H groups in total. The fraction of sp³-hybridized carbons (Fsp3) is 0.857. The van der Waals surface area contributed by atoms with Crippen molar-refractivity contribution in [3.63, 3.8) is 0 Å². The lowest BCUT2D eigenvalue weighted by Gasteiger charge is -2.29. The standard InChI is InChI=1S/C14H25N3O/c1-12(2)11-17(9-5-8-15)13(18)10-14(16)6-3-4-7-14/h12H,3-7,9-11,16H2,1-2H3. The van der Waals surface area contributed by atoms with E-state index in [0.29, 0.717) is 25.3 Å². The average Bonchev–Trinajstić information content (AvgIpc) is 2.70. The van der Waals surface area contributed by atoms with Crippen LogP contribution in [0, 0.1) is 17.2 Å². The highest BCUT2D eigenvalue weighted by Crippen LogP contribution is 2.30. The first-order valence-electron chi connectivity index (χ1n) is 6.90. The van der Waals surface area contributed by atoms with Crippen LogP contribution in [0.2, 0.25) is 0 Å². The van der Waals surface area contributed by atoms with Crippen molar-refractivity contribution in [3.05, 3.63) is 0 Å². The molecule has 4 nitrogen and oxygen atoms in total. The van der Waals surface area contributed by atoms with Crippen molar-refractivity contribution in [1.29, 1.82) is 5.26 Å². The van der Waals surface area contributed by atoms with Crippen molar-refractivity contribution >= 4 is 5.91 Å². The zero-order valence-corrected chi connectivity index (χ0v) is 11.6. The maximum atomic E-state index is 12.3. The number of amides is 1. The van der Waals surface area contributed by atoms with Crippen LogP contribution >= 0.6 is 0 Å². The van der Waals surface area contributed by atoms with Gasteiger partial charge in [0.05, 0.1) is 12.5 Å². The van der Waals surface area contributed by atoms with E-state index in [4.69, 9.17) is 11.0 Å². The number of nitrogens with zero attached hydrogens (tertiary/aromatic N) is 2. The average molecular weight is 251 g/mol. The third-order valence-electron chi connectivity index (χ3n) is 3.53. The van der Waals surface area contributed by atoms with Gasteiger partial charge >= 0.3 is 0 Å². The van der Waals surface area contributed by atoms with Crippen LogP contribution in [0.4, 0.5) is 0 Å². The van der Waals surface area contributed by atoms with Crippen molar-refractivity contribution in [3.8, 4) is 6.07 Å². The molecule has 1 saturated carbocycles. The molecule has 0 aromatic rings. The summed E-state index contributed by atoms with van der Waals surface area (Å²) in [6, 6.07) is 2.10. The van der Waals surface area contributed by atoms with Gasteiger partial charge in [-0.2, -0.15) is 5.26 Å². The van der Waals surface area contributed by atoms with Crippen LogP contribution in [0.25, 0.3) is 0 Å². The Balaban J connectivity index is 2.55. The zero-order chi connectivity index (χ0) is 13.6. The molecule has 0 radical (unpaired) electrons. The number of nitrogens with two attached hydrogens (primary N) is 1. The van der Waals surface area contributed by atoms with Crippen LogP contribution in [0.15, 0.2) is 0 Å². The molecule has 18 heavy (non-hydrogen) atoms. The van der Waals surface area contributed by atoms with E-state index in [9.17, 15) is 4.79 Å². The molecule has 1 fully saturated rings. The normalized spacial score (nSPS) is 17.7. The first kappa shape index (κ1) is 15.0. The zero-order valence-electron chi connectivity index (χ0n) is 11.6. The smallest absolute Gasteiger partial charge is 0.224 e. The molecule has 102 valence electrons. The second kappa shape index (κ2) is 6.75. The monoisotopic (exact) mass is 251 g/mol. The Morgan fingerprint density at radius 2 is 2.06 bits per heavy atom. The Morgan fingerprint density at radius 3 is 2.56 bits per heavy atom. The van der Waals surface area contributed by atoms with Crippen molar-refractivity contribution in [2.75, 3.05) is 13.1 Å². The predicted octanol–water partition coefficient (Wildman–Crippen LogP) is 2.05. The lowest BCUT2D eigenvalue weighted by Crippen LogP contribution is -2.44. The number of nitriles is 1. The molecule has 0 unspecified atom stereocenters. The molecule has 0 atom stereocenters. The molecule has 1 rings (SSSR count). The molecule has 4 heteroatoms. The molecule has 0 aromatic heterocycles. The molecule has 1 aliphatic carbocycles. The molecule has 0 heterocycles. The third kappa shape index (κ3) is 4.66. The second-order valence-corrected chi connectivity index (χ2v) is 5.89. The first-order valence-corrected chi connectivity index (χ1v) is 6.90. The maximum Gasteiger partial charge on any atom is 0.224 e. The Kier molecular flexibility index (Phi) is 5.61. The van der Waals surface area contributed by atoms with Gasteiger partial charge in [0.15, 0.2) is 0 Å². The summed E-state index contributed by atoms with van der Waals surface area (Å²) in [5.74, 6) is 0.535. The lowest BCUT2D eigenvalue weighted by atomic mass is 9.94. The largest absolute Gasteiger partial charge is 0.341 e. The van der Waals surface area contributed by atoms with Crippen LogP contribution in [0.1, 0.15) is 52.4 Å². The number of carbonyl (C=O) groups excluding carboxylic acids is 1. The Morgan fingerprint density at radius 1 is 1.44 bits per heavy atom. The fourth-order valence-corrected chi connectivity index (χ4v) is 2.61. The van der Waals surface area contributed by atoms with Gasteiger partial charge in [0.1, 0.15) is 0 Å². The van der Waals surface area contributed by atoms with E-state index < -0.39 is 0 Å². The molecule has 0 aliphatic heterocycles. The van der Waals surface area contributed by atoms with Crippen LogP contribution < -0.4 is 5.73 Å². The molecule has 0 aromatic carbocycles. The Labute approximate surface area is 110 Å². The second-order valence-electron chi connectivity index (χ2n) is 5.89. The lowest BCUT2D eigenvalue weighted by molar-refractivity contribution is -0.133. The topological polar surface area (TPSA) is 70.1 Å². The van der Waals surface area contributed by atoms with E-state index in [0.717, 1.165) is 32.2 Å². The number of hydrogen-bond donors (Lipinski definition) is 1. The molecule has 0 spiro atoms. The van der Waals surface area contributed by atoms with Gasteiger partial charge < -0.3 is 10.6 Å². The first-order chi connectivity index (χ1) is 8.47. The van der Waals surface area contributed by atoms with Crippen molar-refractivity contribution in [1.82, 2.24) is 4.90 Å². The van der Waals surface area contributed by atoms with Gasteiger partial charge in [-0.05, 0) is 18.8 Å². The third-order valence-corrected chi connectivity index (χ3v) is 3.53. The van der Waals surface area contributed by atoms with Crippen molar-refractivity contribution < 1.29 is 4.79 Å². The van der Waals surface area contributed by atoms with Gasteiger partial charge in [0, 0.05) is 25.0 Å². The van der Waals surface area contributed by atoms with Crippen LogP contribution in [0.3, 0.4) is 0 Å². The molecule has 1 aliphatic rings. The van der Waals surface area contributed by atoms with E-state index in [1.807, 2.05) is 0 Å². The van der Waals surface area contributed by atoms with Crippen molar-refractivity contribution in [2.45, 2.75) is 57.9 Å². The fourth-order valence-electron chi connectivity index (χ4n) is 2.61. The number of rotatable bonds is 6. The van der Waals surface area contributed by atoms with Crippen LogP contribution in [-0.4, -0.2) is 29.4 Å². The summed E-state index contributed by atoms with van der Waals surface area (Å²) in [5.41, 5.74) is 5.95. The Hall–Kier alpha value is -1.08. The minimum absolute atomic E-state index is 0.114. The van der Waals surface area contributed by atoms with Crippen molar-refractivity contribution in [2.24, 2.45) is 11.7 Å². The van der Waals surface area contributed by atoms with Gasteiger partial charge in [-0.3, -0.25) is 4.79 Å². The summed E-state index contributed by atoms with van der Waals surface area (Å²) in [6.07, 6.45) is 5.00. The minimum atomic E-state index is -0.293. The predicted molar refractivity (Wildman–Crippen MR) is 71.7 cm³/mol. The van der Waals surface area contributed by atoms with Gasteiger partial charge in [-0.1, -0.05) is 26.7 Å². The van der Waals surface area contributed by atoms with Gasteiger partial charge in [-0.25, -0.2) is 0 Å². The number of hydrogen-bond acceptors (Lipinski definition) is 3. The summed E-state index contributed by atoms with van der Waals surface area (Å²) in [5, 5.41) is 8.65. The highest BCUT2D eigenvalue weighted by Gasteiger charge is 2.33. The molecular formula is C14H25N3O. The Bertz CT molecular complexity index is 313. The maximum absolute atomic E-state index is 12.3.